The number of benzene rings is 1. The Balaban J connectivity index is 2.37. The lowest BCUT2D eigenvalue weighted by Crippen LogP contribution is -2.23. The van der Waals surface area contributed by atoms with Gasteiger partial charge in [-0.3, -0.25) is 4.79 Å². The summed E-state index contributed by atoms with van der Waals surface area (Å²) in [6, 6.07) is 7.78. The van der Waals surface area contributed by atoms with Gasteiger partial charge in [-0.15, -0.1) is 0 Å². The molecular formula is C12H15NO2. The predicted molar refractivity (Wildman–Crippen MR) is 59.9 cm³/mol. The second-order valence-corrected chi connectivity index (χ2v) is 3.09. The Morgan fingerprint density at radius 3 is 2.67 bits per heavy atom. The van der Waals surface area contributed by atoms with E-state index >= 15 is 0 Å². The molecule has 0 saturated heterocycles. The van der Waals surface area contributed by atoms with Gasteiger partial charge in [0.1, 0.15) is 5.75 Å². The molecule has 3 heteroatoms. The zero-order valence-electron chi connectivity index (χ0n) is 8.82. The normalized spacial score (nSPS) is 9.40. The number of rotatable bonds is 5. The van der Waals surface area contributed by atoms with Gasteiger partial charge in [-0.1, -0.05) is 18.7 Å². The molecule has 0 aliphatic rings. The highest BCUT2D eigenvalue weighted by Gasteiger charge is 1.96. The maximum Gasteiger partial charge on any atom is 0.243 e. The molecule has 0 spiro atoms. The van der Waals surface area contributed by atoms with Gasteiger partial charge in [-0.2, -0.15) is 0 Å². The Morgan fingerprint density at radius 1 is 1.47 bits per heavy atom. The number of carbonyl (C=O) groups is 1. The Kier molecular flexibility index (Phi) is 4.41. The largest absolute Gasteiger partial charge is 0.497 e. The van der Waals surface area contributed by atoms with Crippen LogP contribution in [-0.4, -0.2) is 19.6 Å². The molecule has 3 nitrogen and oxygen atoms in total. The van der Waals surface area contributed by atoms with Crippen LogP contribution in [0, 0.1) is 0 Å². The minimum Gasteiger partial charge on any atom is -0.497 e. The van der Waals surface area contributed by atoms with Crippen LogP contribution in [0.3, 0.4) is 0 Å². The molecule has 0 aliphatic heterocycles. The highest BCUT2D eigenvalue weighted by atomic mass is 16.5. The molecule has 1 aromatic rings. The molecular weight excluding hydrogens is 190 g/mol. The van der Waals surface area contributed by atoms with Crippen LogP contribution in [0.2, 0.25) is 0 Å². The van der Waals surface area contributed by atoms with Crippen molar-refractivity contribution in [2.45, 2.75) is 6.42 Å². The average molecular weight is 205 g/mol. The topological polar surface area (TPSA) is 38.3 Å². The molecule has 0 bridgehead atoms. The highest BCUT2D eigenvalue weighted by Crippen LogP contribution is 2.11. The third-order valence-corrected chi connectivity index (χ3v) is 2.06. The highest BCUT2D eigenvalue weighted by molar-refractivity contribution is 5.86. The Bertz CT molecular complexity index is 330. The molecule has 1 N–H and O–H groups in total. The zero-order valence-corrected chi connectivity index (χ0v) is 8.82. The van der Waals surface area contributed by atoms with Crippen molar-refractivity contribution in [2.75, 3.05) is 13.7 Å². The van der Waals surface area contributed by atoms with Gasteiger partial charge in [0.2, 0.25) is 5.91 Å². The summed E-state index contributed by atoms with van der Waals surface area (Å²) in [5, 5.41) is 2.72. The van der Waals surface area contributed by atoms with Gasteiger partial charge in [-0.05, 0) is 30.2 Å². The SMILES string of the molecule is C=CC(=O)NCCc1ccc(OC)cc1. The molecule has 1 aromatic carbocycles. The smallest absolute Gasteiger partial charge is 0.243 e. The average Bonchev–Trinajstić information content (AvgIpc) is 2.29. The van der Waals surface area contributed by atoms with Crippen molar-refractivity contribution in [3.8, 4) is 5.75 Å². The maximum atomic E-state index is 10.9. The standard InChI is InChI=1S/C12H15NO2/c1-3-12(14)13-9-8-10-4-6-11(15-2)7-5-10/h3-7H,1,8-9H2,2H3,(H,13,14). The number of hydrogen-bond donors (Lipinski definition) is 1. The molecule has 0 heterocycles. The fraction of sp³-hybridized carbons (Fsp3) is 0.250. The van der Waals surface area contributed by atoms with Crippen molar-refractivity contribution in [2.24, 2.45) is 0 Å². The molecule has 0 atom stereocenters. The Labute approximate surface area is 89.8 Å². The van der Waals surface area contributed by atoms with Gasteiger partial charge in [0, 0.05) is 6.54 Å². The Morgan fingerprint density at radius 2 is 2.13 bits per heavy atom. The molecule has 1 rings (SSSR count). The van der Waals surface area contributed by atoms with E-state index < -0.39 is 0 Å². The van der Waals surface area contributed by atoms with Gasteiger partial charge in [-0.25, -0.2) is 0 Å². The van der Waals surface area contributed by atoms with Crippen molar-refractivity contribution in [3.63, 3.8) is 0 Å². The number of methoxy groups -OCH3 is 1. The summed E-state index contributed by atoms with van der Waals surface area (Å²) < 4.78 is 5.05. The first-order valence-corrected chi connectivity index (χ1v) is 4.79. The van der Waals surface area contributed by atoms with Crippen molar-refractivity contribution in [1.29, 1.82) is 0 Å². The Hall–Kier alpha value is -1.77. The fourth-order valence-corrected chi connectivity index (χ4v) is 1.19. The summed E-state index contributed by atoms with van der Waals surface area (Å²) in [6.07, 6.45) is 2.08. The molecule has 0 fully saturated rings. The summed E-state index contributed by atoms with van der Waals surface area (Å²) in [5.41, 5.74) is 1.17. The van der Waals surface area contributed by atoms with Crippen molar-refractivity contribution in [1.82, 2.24) is 5.32 Å². The van der Waals surface area contributed by atoms with E-state index in [2.05, 4.69) is 11.9 Å². The van der Waals surface area contributed by atoms with Crippen LogP contribution in [0.25, 0.3) is 0 Å². The van der Waals surface area contributed by atoms with Gasteiger partial charge >= 0.3 is 0 Å². The van der Waals surface area contributed by atoms with Gasteiger partial charge < -0.3 is 10.1 Å². The van der Waals surface area contributed by atoms with Crippen LogP contribution in [0.5, 0.6) is 5.75 Å². The van der Waals surface area contributed by atoms with E-state index in [0.29, 0.717) is 6.54 Å². The van der Waals surface area contributed by atoms with Crippen LogP contribution in [0.15, 0.2) is 36.9 Å². The van der Waals surface area contributed by atoms with E-state index in [9.17, 15) is 4.79 Å². The second kappa shape index (κ2) is 5.86. The van der Waals surface area contributed by atoms with Gasteiger partial charge in [0.05, 0.1) is 7.11 Å². The molecule has 1 amide bonds. The fourth-order valence-electron chi connectivity index (χ4n) is 1.19. The number of hydrogen-bond acceptors (Lipinski definition) is 2. The summed E-state index contributed by atoms with van der Waals surface area (Å²) in [4.78, 5) is 10.9. The zero-order chi connectivity index (χ0) is 11.1. The van der Waals surface area contributed by atoms with Gasteiger partial charge in [0.15, 0.2) is 0 Å². The van der Waals surface area contributed by atoms with Crippen LogP contribution in [0.4, 0.5) is 0 Å². The molecule has 0 radical (unpaired) electrons. The molecule has 15 heavy (non-hydrogen) atoms. The molecule has 0 aliphatic carbocycles. The van der Waals surface area contributed by atoms with E-state index in [1.165, 1.54) is 11.6 Å². The van der Waals surface area contributed by atoms with Crippen molar-refractivity contribution in [3.05, 3.63) is 42.5 Å². The third kappa shape index (κ3) is 3.85. The van der Waals surface area contributed by atoms with E-state index in [1.807, 2.05) is 24.3 Å². The monoisotopic (exact) mass is 205 g/mol. The van der Waals surface area contributed by atoms with Crippen molar-refractivity contribution >= 4 is 5.91 Å². The summed E-state index contributed by atoms with van der Waals surface area (Å²) >= 11 is 0. The number of nitrogens with one attached hydrogen (secondary N) is 1. The number of carbonyl (C=O) groups excluding carboxylic acids is 1. The number of amides is 1. The number of ether oxygens (including phenoxy) is 1. The van der Waals surface area contributed by atoms with E-state index in [4.69, 9.17) is 4.74 Å². The van der Waals surface area contributed by atoms with Crippen molar-refractivity contribution < 1.29 is 9.53 Å². The summed E-state index contributed by atoms with van der Waals surface area (Å²) in [7, 11) is 1.64. The van der Waals surface area contributed by atoms with Crippen LogP contribution >= 0.6 is 0 Å². The minimum atomic E-state index is -0.136. The lowest BCUT2D eigenvalue weighted by Gasteiger charge is -2.04. The predicted octanol–water partition coefficient (Wildman–Crippen LogP) is 1.54. The molecule has 0 aromatic heterocycles. The lowest BCUT2D eigenvalue weighted by atomic mass is 10.1. The summed E-state index contributed by atoms with van der Waals surface area (Å²) in [6.45, 7) is 4.00. The van der Waals surface area contributed by atoms with Crippen LogP contribution in [-0.2, 0) is 11.2 Å². The second-order valence-electron chi connectivity index (χ2n) is 3.09. The van der Waals surface area contributed by atoms with E-state index in [1.54, 1.807) is 7.11 Å². The first kappa shape index (κ1) is 11.3. The molecule has 0 unspecified atom stereocenters. The first-order chi connectivity index (χ1) is 7.26. The van der Waals surface area contributed by atoms with E-state index in [-0.39, 0.29) is 5.91 Å². The summed E-state index contributed by atoms with van der Waals surface area (Å²) in [5.74, 6) is 0.706. The lowest BCUT2D eigenvalue weighted by molar-refractivity contribution is -0.116. The minimum absolute atomic E-state index is 0.136. The third-order valence-electron chi connectivity index (χ3n) is 2.06. The quantitative estimate of drug-likeness (QED) is 0.740. The molecule has 0 saturated carbocycles. The van der Waals surface area contributed by atoms with E-state index in [0.717, 1.165) is 12.2 Å². The maximum absolute atomic E-state index is 10.9. The van der Waals surface area contributed by atoms with Gasteiger partial charge in [0.25, 0.3) is 0 Å². The first-order valence-electron chi connectivity index (χ1n) is 4.79. The van der Waals surface area contributed by atoms with Crippen LogP contribution in [0.1, 0.15) is 5.56 Å². The van der Waals surface area contributed by atoms with Crippen LogP contribution < -0.4 is 10.1 Å². The molecule has 80 valence electrons.